The molecule has 0 saturated heterocycles. The zero-order valence-electron chi connectivity index (χ0n) is 16.7. The molecule has 0 atom stereocenters. The molecule has 0 aliphatic heterocycles. The van der Waals surface area contributed by atoms with E-state index in [1.54, 1.807) is 0 Å². The van der Waals surface area contributed by atoms with Crippen LogP contribution in [-0.4, -0.2) is 4.57 Å². The summed E-state index contributed by atoms with van der Waals surface area (Å²) in [4.78, 5) is 0. The van der Waals surface area contributed by atoms with E-state index in [-0.39, 0.29) is 5.41 Å². The van der Waals surface area contributed by atoms with Crippen molar-refractivity contribution in [2.24, 2.45) is 0 Å². The second kappa shape index (κ2) is 6.14. The van der Waals surface area contributed by atoms with Crippen molar-refractivity contribution in [2.45, 2.75) is 19.3 Å². The third-order valence-corrected chi connectivity index (χ3v) is 7.14. The summed E-state index contributed by atoms with van der Waals surface area (Å²) in [5, 5.41) is 3.73. The van der Waals surface area contributed by atoms with Gasteiger partial charge in [-0.05, 0) is 41.0 Å². The predicted octanol–water partition coefficient (Wildman–Crippen LogP) is 8.40. The van der Waals surface area contributed by atoms with E-state index >= 15 is 0 Å². The summed E-state index contributed by atoms with van der Waals surface area (Å²) in [5.74, 6) is 0. The monoisotopic (exact) mass is 427 g/mol. The van der Waals surface area contributed by atoms with E-state index in [0.717, 1.165) is 37.5 Å². The fourth-order valence-corrected chi connectivity index (χ4v) is 5.68. The van der Waals surface area contributed by atoms with Crippen LogP contribution < -0.4 is 0 Å². The minimum atomic E-state index is -0.120. The Morgan fingerprint density at radius 1 is 0.733 bits per heavy atom. The van der Waals surface area contributed by atoms with Gasteiger partial charge >= 0.3 is 0 Å². The quantitative estimate of drug-likeness (QED) is 0.253. The van der Waals surface area contributed by atoms with Gasteiger partial charge in [-0.3, -0.25) is 0 Å². The molecule has 0 spiro atoms. The fraction of sp³-hybridized carbons (Fsp3) is 0.111. The van der Waals surface area contributed by atoms with Crippen LogP contribution in [0.4, 0.5) is 0 Å². The summed E-state index contributed by atoms with van der Waals surface area (Å²) in [5.41, 5.74) is 8.21. The predicted molar refractivity (Wildman–Crippen MR) is 128 cm³/mol. The molecular formula is C27H19Cl2N. The molecule has 0 N–H and O–H groups in total. The van der Waals surface area contributed by atoms with Gasteiger partial charge in [0.15, 0.2) is 0 Å². The summed E-state index contributed by atoms with van der Waals surface area (Å²) in [6.07, 6.45) is 0. The lowest BCUT2D eigenvalue weighted by molar-refractivity contribution is 0.661. The molecule has 0 fully saturated rings. The molecule has 0 bridgehead atoms. The van der Waals surface area contributed by atoms with Gasteiger partial charge in [0.2, 0.25) is 0 Å². The first-order valence-corrected chi connectivity index (χ1v) is 10.9. The molecule has 1 aliphatic rings. The first kappa shape index (κ1) is 18.1. The zero-order chi connectivity index (χ0) is 20.6. The van der Waals surface area contributed by atoms with E-state index in [0.29, 0.717) is 0 Å². The summed E-state index contributed by atoms with van der Waals surface area (Å²) in [6, 6.07) is 27.3. The van der Waals surface area contributed by atoms with Crippen molar-refractivity contribution in [2.75, 3.05) is 0 Å². The molecule has 30 heavy (non-hydrogen) atoms. The van der Waals surface area contributed by atoms with Gasteiger partial charge in [-0.2, -0.15) is 0 Å². The molecule has 4 aromatic carbocycles. The Hall–Kier alpha value is -2.74. The molecule has 1 aliphatic carbocycles. The van der Waals surface area contributed by atoms with E-state index in [2.05, 4.69) is 79.1 Å². The number of nitrogens with zero attached hydrogens (tertiary/aromatic N) is 1. The number of hydrogen-bond acceptors (Lipinski definition) is 0. The standard InChI is InChI=1S/C27H19Cl2N/c1-27(2)18-11-5-3-9-16(18)24-19(27)15-21(29)25-17-10-4-7-13-22(17)30(26(24)25)23-14-8-6-12-20(23)28/h3-15H,1-2H3. The van der Waals surface area contributed by atoms with Crippen molar-refractivity contribution in [3.05, 3.63) is 100 Å². The average Bonchev–Trinajstić information content (AvgIpc) is 3.20. The summed E-state index contributed by atoms with van der Waals surface area (Å²) >= 11 is 13.7. The van der Waals surface area contributed by atoms with E-state index in [1.807, 2.05) is 18.2 Å². The Kier molecular flexibility index (Phi) is 3.69. The highest BCUT2D eigenvalue weighted by Crippen LogP contribution is 2.54. The van der Waals surface area contributed by atoms with Crippen LogP contribution in [0.15, 0.2) is 78.9 Å². The highest BCUT2D eigenvalue weighted by Gasteiger charge is 2.38. The van der Waals surface area contributed by atoms with Crippen LogP contribution in [0.2, 0.25) is 10.0 Å². The zero-order valence-corrected chi connectivity index (χ0v) is 18.2. The Morgan fingerprint density at radius 3 is 2.27 bits per heavy atom. The van der Waals surface area contributed by atoms with Gasteiger partial charge in [0.25, 0.3) is 0 Å². The van der Waals surface area contributed by atoms with Crippen LogP contribution in [0, 0.1) is 0 Å². The van der Waals surface area contributed by atoms with E-state index in [4.69, 9.17) is 23.2 Å². The highest BCUT2D eigenvalue weighted by molar-refractivity contribution is 6.39. The van der Waals surface area contributed by atoms with Crippen molar-refractivity contribution < 1.29 is 0 Å². The minimum Gasteiger partial charge on any atom is -0.307 e. The molecule has 1 heterocycles. The van der Waals surface area contributed by atoms with Crippen LogP contribution in [0.3, 0.4) is 0 Å². The smallest absolute Gasteiger partial charge is 0.0648 e. The molecule has 0 unspecified atom stereocenters. The van der Waals surface area contributed by atoms with Crippen molar-refractivity contribution in [1.82, 2.24) is 4.57 Å². The van der Waals surface area contributed by atoms with Crippen LogP contribution >= 0.6 is 23.2 Å². The molecule has 0 amide bonds. The number of para-hydroxylation sites is 2. The van der Waals surface area contributed by atoms with E-state index in [9.17, 15) is 0 Å². The summed E-state index contributed by atoms with van der Waals surface area (Å²) in [7, 11) is 0. The topological polar surface area (TPSA) is 4.93 Å². The molecule has 3 heteroatoms. The van der Waals surface area contributed by atoms with Gasteiger partial charge in [-0.25, -0.2) is 0 Å². The lowest BCUT2D eigenvalue weighted by atomic mass is 9.82. The molecule has 0 saturated carbocycles. The number of rotatable bonds is 1. The maximum Gasteiger partial charge on any atom is 0.0648 e. The third kappa shape index (κ3) is 2.20. The summed E-state index contributed by atoms with van der Waals surface area (Å²) < 4.78 is 2.29. The van der Waals surface area contributed by atoms with Crippen molar-refractivity contribution >= 4 is 45.0 Å². The molecule has 6 rings (SSSR count). The first-order chi connectivity index (χ1) is 14.5. The van der Waals surface area contributed by atoms with Gasteiger partial charge < -0.3 is 4.57 Å². The van der Waals surface area contributed by atoms with Gasteiger partial charge in [0.05, 0.1) is 26.8 Å². The number of hydrogen-bond donors (Lipinski definition) is 0. The van der Waals surface area contributed by atoms with Crippen molar-refractivity contribution in [1.29, 1.82) is 0 Å². The van der Waals surface area contributed by atoms with Crippen LogP contribution in [0.5, 0.6) is 0 Å². The average molecular weight is 428 g/mol. The largest absolute Gasteiger partial charge is 0.307 e. The normalized spacial score (nSPS) is 14.3. The lowest BCUT2D eigenvalue weighted by Crippen LogP contribution is -2.14. The Bertz CT molecular complexity index is 1490. The number of halogens is 2. The van der Waals surface area contributed by atoms with Gasteiger partial charge in [0.1, 0.15) is 0 Å². The molecular weight excluding hydrogens is 409 g/mol. The fourth-order valence-electron chi connectivity index (χ4n) is 5.16. The van der Waals surface area contributed by atoms with Crippen LogP contribution in [0.1, 0.15) is 25.0 Å². The van der Waals surface area contributed by atoms with Crippen LogP contribution in [-0.2, 0) is 5.41 Å². The lowest BCUT2D eigenvalue weighted by Gasteiger charge is -2.22. The summed E-state index contributed by atoms with van der Waals surface area (Å²) in [6.45, 7) is 4.56. The first-order valence-electron chi connectivity index (χ1n) is 10.1. The Morgan fingerprint density at radius 2 is 1.43 bits per heavy atom. The molecule has 5 aromatic rings. The minimum absolute atomic E-state index is 0.120. The van der Waals surface area contributed by atoms with Gasteiger partial charge in [-0.15, -0.1) is 0 Å². The maximum absolute atomic E-state index is 6.98. The number of fused-ring (bicyclic) bond motifs is 7. The van der Waals surface area contributed by atoms with E-state index in [1.165, 1.54) is 22.3 Å². The Balaban J connectivity index is 1.93. The molecule has 1 aromatic heterocycles. The maximum atomic E-state index is 6.98. The van der Waals surface area contributed by atoms with Crippen molar-refractivity contribution in [3.8, 4) is 16.8 Å². The van der Waals surface area contributed by atoms with E-state index < -0.39 is 0 Å². The van der Waals surface area contributed by atoms with Gasteiger partial charge in [0, 0.05) is 21.8 Å². The molecule has 146 valence electrons. The highest BCUT2D eigenvalue weighted by atomic mass is 35.5. The van der Waals surface area contributed by atoms with Crippen molar-refractivity contribution in [3.63, 3.8) is 0 Å². The van der Waals surface area contributed by atoms with Crippen LogP contribution in [0.25, 0.3) is 38.6 Å². The van der Waals surface area contributed by atoms with Gasteiger partial charge in [-0.1, -0.05) is 91.6 Å². The SMILES string of the molecule is CC1(C)c2ccccc2-c2c1cc(Cl)c1c3ccccc3n(-c3ccccc3Cl)c21. The molecule has 1 nitrogen and oxygen atoms in total. The number of benzene rings is 4. The second-order valence-electron chi connectivity index (χ2n) is 8.48. The molecule has 0 radical (unpaired) electrons. The second-order valence-corrected chi connectivity index (χ2v) is 9.29. The number of aromatic nitrogens is 1. The Labute approximate surface area is 185 Å². The third-order valence-electron chi connectivity index (χ3n) is 6.53.